The van der Waals surface area contributed by atoms with Crippen LogP contribution >= 0.6 is 23.2 Å². The summed E-state index contributed by atoms with van der Waals surface area (Å²) in [6.45, 7) is 0. The Hall–Kier alpha value is -1.98. The summed E-state index contributed by atoms with van der Waals surface area (Å²) in [5, 5.41) is 19.9. The fourth-order valence-electron chi connectivity index (χ4n) is 1.36. The number of nitro groups is 1. The van der Waals surface area contributed by atoms with E-state index in [1.54, 1.807) is 0 Å². The number of nitrogens with zero attached hydrogens (tertiary/aromatic N) is 1. The fourth-order valence-corrected chi connectivity index (χ4v) is 1.72. The van der Waals surface area contributed by atoms with Crippen molar-refractivity contribution in [1.82, 2.24) is 0 Å². The van der Waals surface area contributed by atoms with Crippen molar-refractivity contribution in [3.8, 4) is 17.2 Å². The molecule has 0 saturated heterocycles. The number of rotatable bonds is 3. The maximum atomic E-state index is 10.5. The predicted octanol–water partition coefficient (Wildman–Crippen LogP) is 4.40. The molecule has 98 valence electrons. The average molecular weight is 300 g/mol. The summed E-state index contributed by atoms with van der Waals surface area (Å²) in [7, 11) is 0. The molecule has 0 aliphatic carbocycles. The summed E-state index contributed by atoms with van der Waals surface area (Å²) < 4.78 is 5.43. The second kappa shape index (κ2) is 5.34. The monoisotopic (exact) mass is 299 g/mol. The van der Waals surface area contributed by atoms with E-state index in [0.717, 1.165) is 0 Å². The Labute approximate surface area is 118 Å². The second-order valence-electron chi connectivity index (χ2n) is 3.56. The first-order valence-electron chi connectivity index (χ1n) is 5.08. The van der Waals surface area contributed by atoms with Crippen LogP contribution in [0.1, 0.15) is 0 Å². The van der Waals surface area contributed by atoms with Crippen LogP contribution in [0.4, 0.5) is 5.69 Å². The number of phenols is 1. The van der Waals surface area contributed by atoms with E-state index in [-0.39, 0.29) is 27.2 Å². The van der Waals surface area contributed by atoms with Crippen LogP contribution in [-0.2, 0) is 0 Å². The van der Waals surface area contributed by atoms with Gasteiger partial charge in [-0.2, -0.15) is 0 Å². The van der Waals surface area contributed by atoms with E-state index in [1.165, 1.54) is 36.4 Å². The SMILES string of the molecule is O=[N+]([O-])c1ccc(Oc2ccc(O)c(Cl)c2Cl)cc1. The van der Waals surface area contributed by atoms with Crippen LogP contribution in [0.25, 0.3) is 0 Å². The zero-order valence-electron chi connectivity index (χ0n) is 9.34. The maximum absolute atomic E-state index is 10.5. The van der Waals surface area contributed by atoms with E-state index in [1.807, 2.05) is 0 Å². The molecule has 0 spiro atoms. The number of hydrogen-bond acceptors (Lipinski definition) is 4. The second-order valence-corrected chi connectivity index (χ2v) is 4.32. The normalized spacial score (nSPS) is 10.2. The fraction of sp³-hybridized carbons (Fsp3) is 0. The molecular formula is C12H7Cl2NO4. The summed E-state index contributed by atoms with van der Waals surface area (Å²) in [5.74, 6) is 0.468. The van der Waals surface area contributed by atoms with E-state index in [4.69, 9.17) is 27.9 Å². The number of aromatic hydroxyl groups is 1. The molecule has 19 heavy (non-hydrogen) atoms. The Morgan fingerprint density at radius 2 is 1.68 bits per heavy atom. The predicted molar refractivity (Wildman–Crippen MR) is 71.3 cm³/mol. The molecule has 7 heteroatoms. The molecule has 2 rings (SSSR count). The van der Waals surface area contributed by atoms with Crippen molar-refractivity contribution in [2.75, 3.05) is 0 Å². The van der Waals surface area contributed by atoms with E-state index in [2.05, 4.69) is 0 Å². The van der Waals surface area contributed by atoms with Crippen LogP contribution in [0, 0.1) is 10.1 Å². The standard InChI is InChI=1S/C12H7Cl2NO4/c13-11-9(16)5-6-10(12(11)14)19-8-3-1-7(2-4-8)15(17)18/h1-6,16H. The minimum absolute atomic E-state index is 0.0129. The molecule has 0 aliphatic heterocycles. The molecule has 0 atom stereocenters. The third-order valence-electron chi connectivity index (χ3n) is 2.30. The van der Waals surface area contributed by atoms with Crippen LogP contribution in [-0.4, -0.2) is 10.0 Å². The molecular weight excluding hydrogens is 293 g/mol. The molecule has 0 unspecified atom stereocenters. The molecule has 0 amide bonds. The van der Waals surface area contributed by atoms with Crippen molar-refractivity contribution in [2.45, 2.75) is 0 Å². The molecule has 1 N–H and O–H groups in total. The van der Waals surface area contributed by atoms with E-state index in [0.29, 0.717) is 5.75 Å². The summed E-state index contributed by atoms with van der Waals surface area (Å²) in [6.07, 6.45) is 0. The lowest BCUT2D eigenvalue weighted by Gasteiger charge is -2.09. The molecule has 0 aliphatic rings. The number of non-ortho nitro benzene ring substituents is 1. The van der Waals surface area contributed by atoms with Crippen molar-refractivity contribution >= 4 is 28.9 Å². The lowest BCUT2D eigenvalue weighted by Crippen LogP contribution is -1.89. The van der Waals surface area contributed by atoms with Crippen molar-refractivity contribution in [2.24, 2.45) is 0 Å². The number of hydrogen-bond donors (Lipinski definition) is 1. The lowest BCUT2D eigenvalue weighted by molar-refractivity contribution is -0.384. The number of benzene rings is 2. The molecule has 0 radical (unpaired) electrons. The van der Waals surface area contributed by atoms with Gasteiger partial charge in [-0.3, -0.25) is 10.1 Å². The zero-order valence-corrected chi connectivity index (χ0v) is 10.9. The van der Waals surface area contributed by atoms with E-state index < -0.39 is 4.92 Å². The molecule has 0 aromatic heterocycles. The molecule has 0 heterocycles. The maximum Gasteiger partial charge on any atom is 0.269 e. The lowest BCUT2D eigenvalue weighted by atomic mass is 10.3. The van der Waals surface area contributed by atoms with Crippen molar-refractivity contribution in [3.05, 3.63) is 56.6 Å². The van der Waals surface area contributed by atoms with Gasteiger partial charge in [0.05, 0.1) is 4.92 Å². The highest BCUT2D eigenvalue weighted by Gasteiger charge is 2.12. The molecule has 2 aromatic rings. The summed E-state index contributed by atoms with van der Waals surface area (Å²) >= 11 is 11.7. The first-order valence-corrected chi connectivity index (χ1v) is 5.84. The van der Waals surface area contributed by atoms with Gasteiger partial charge in [0.1, 0.15) is 27.3 Å². The van der Waals surface area contributed by atoms with Gasteiger partial charge < -0.3 is 9.84 Å². The highest BCUT2D eigenvalue weighted by molar-refractivity contribution is 6.43. The van der Waals surface area contributed by atoms with Crippen molar-refractivity contribution < 1.29 is 14.8 Å². The van der Waals surface area contributed by atoms with Crippen LogP contribution in [0.15, 0.2) is 36.4 Å². The van der Waals surface area contributed by atoms with Gasteiger partial charge in [0.2, 0.25) is 0 Å². The number of ether oxygens (including phenoxy) is 1. The quantitative estimate of drug-likeness (QED) is 0.673. The topological polar surface area (TPSA) is 72.6 Å². The molecule has 5 nitrogen and oxygen atoms in total. The van der Waals surface area contributed by atoms with Crippen LogP contribution in [0.2, 0.25) is 10.0 Å². The largest absolute Gasteiger partial charge is 0.506 e. The van der Waals surface area contributed by atoms with Crippen LogP contribution < -0.4 is 4.74 Å². The first kappa shape index (κ1) is 13.5. The van der Waals surface area contributed by atoms with Gasteiger partial charge in [-0.15, -0.1) is 0 Å². The minimum atomic E-state index is -0.506. The number of phenolic OH excluding ortho intramolecular Hbond substituents is 1. The molecule has 2 aromatic carbocycles. The summed E-state index contributed by atoms with van der Waals surface area (Å²) in [6, 6.07) is 8.29. The van der Waals surface area contributed by atoms with Gasteiger partial charge in [0.15, 0.2) is 0 Å². The molecule has 0 bridgehead atoms. The first-order chi connectivity index (χ1) is 8.99. The van der Waals surface area contributed by atoms with Gasteiger partial charge in [-0.05, 0) is 24.3 Å². The highest BCUT2D eigenvalue weighted by atomic mass is 35.5. The van der Waals surface area contributed by atoms with E-state index >= 15 is 0 Å². The Bertz CT molecular complexity index is 628. The van der Waals surface area contributed by atoms with Crippen LogP contribution in [0.5, 0.6) is 17.2 Å². The zero-order chi connectivity index (χ0) is 14.0. The highest BCUT2D eigenvalue weighted by Crippen LogP contribution is 2.40. The van der Waals surface area contributed by atoms with Crippen LogP contribution in [0.3, 0.4) is 0 Å². The van der Waals surface area contributed by atoms with E-state index in [9.17, 15) is 15.2 Å². The van der Waals surface area contributed by atoms with Gasteiger partial charge in [-0.25, -0.2) is 0 Å². The van der Waals surface area contributed by atoms with Gasteiger partial charge >= 0.3 is 0 Å². The third kappa shape index (κ3) is 2.89. The molecule has 0 saturated carbocycles. The van der Waals surface area contributed by atoms with Crippen molar-refractivity contribution in [3.63, 3.8) is 0 Å². The van der Waals surface area contributed by atoms with Gasteiger partial charge in [0.25, 0.3) is 5.69 Å². The molecule has 0 fully saturated rings. The number of halogens is 2. The van der Waals surface area contributed by atoms with Crippen molar-refractivity contribution in [1.29, 1.82) is 0 Å². The Morgan fingerprint density at radius 3 is 2.26 bits per heavy atom. The Balaban J connectivity index is 2.26. The Kier molecular flexibility index (Phi) is 3.78. The minimum Gasteiger partial charge on any atom is -0.506 e. The summed E-state index contributed by atoms with van der Waals surface area (Å²) in [5.41, 5.74) is -0.0396. The van der Waals surface area contributed by atoms with Gasteiger partial charge in [-0.1, -0.05) is 23.2 Å². The third-order valence-corrected chi connectivity index (χ3v) is 3.16. The summed E-state index contributed by atoms with van der Waals surface area (Å²) in [4.78, 5) is 10.00. The number of nitro benzene ring substituents is 1. The van der Waals surface area contributed by atoms with Gasteiger partial charge in [0, 0.05) is 12.1 Å². The smallest absolute Gasteiger partial charge is 0.269 e. The average Bonchev–Trinajstić information content (AvgIpc) is 2.40. The Morgan fingerprint density at radius 1 is 1.05 bits per heavy atom.